The standard InChI is InChI=1S/C43H71NO6/c1-2-3-4-5-6-7-8-9-10-11-12-13-14-15-17-21-40(45)48-33-39(34-49-41(46)22-20-25-44-23-18-16-19-24-44)35-50-42(47)32-43-29-36-26-37(30-43)28-38(27-36)31-43/h6-7,9-10,36-39H,2-5,8,11-35H2,1H3/b7-6-,10-9-. The summed E-state index contributed by atoms with van der Waals surface area (Å²) in [4.78, 5) is 40.7. The van der Waals surface area contributed by atoms with Crippen LogP contribution in [0.2, 0.25) is 0 Å². The van der Waals surface area contributed by atoms with Crippen LogP contribution in [0.1, 0.15) is 161 Å². The average Bonchev–Trinajstić information content (AvgIpc) is 3.09. The summed E-state index contributed by atoms with van der Waals surface area (Å²) in [5.74, 6) is 1.40. The molecule has 7 heteroatoms. The highest BCUT2D eigenvalue weighted by Crippen LogP contribution is 2.61. The van der Waals surface area contributed by atoms with Crippen LogP contribution in [0.15, 0.2) is 24.3 Å². The van der Waals surface area contributed by atoms with Crippen molar-refractivity contribution in [2.45, 2.75) is 161 Å². The van der Waals surface area contributed by atoms with Crippen LogP contribution in [-0.2, 0) is 28.6 Å². The van der Waals surface area contributed by atoms with E-state index < -0.39 is 0 Å². The van der Waals surface area contributed by atoms with Crippen molar-refractivity contribution in [1.82, 2.24) is 4.90 Å². The Labute approximate surface area is 304 Å². The van der Waals surface area contributed by atoms with E-state index in [9.17, 15) is 14.4 Å². The normalized spacial score (nSPS) is 25.3. The first-order valence-corrected chi connectivity index (χ1v) is 20.9. The third-order valence-electron chi connectivity index (χ3n) is 11.8. The summed E-state index contributed by atoms with van der Waals surface area (Å²) < 4.78 is 17.1. The van der Waals surface area contributed by atoms with E-state index in [4.69, 9.17) is 14.2 Å². The molecule has 5 aliphatic rings. The van der Waals surface area contributed by atoms with Crippen molar-refractivity contribution in [2.75, 3.05) is 39.5 Å². The molecule has 0 aromatic rings. The number of unbranched alkanes of at least 4 members (excludes halogenated alkanes) is 8. The number of piperidine rings is 1. The molecule has 4 bridgehead atoms. The fourth-order valence-corrected chi connectivity index (χ4v) is 9.50. The number of ether oxygens (including phenoxy) is 3. The fraction of sp³-hybridized carbons (Fsp3) is 0.837. The highest BCUT2D eigenvalue weighted by atomic mass is 16.6. The monoisotopic (exact) mass is 698 g/mol. The molecule has 5 fully saturated rings. The molecule has 1 unspecified atom stereocenters. The SMILES string of the molecule is CCCCC/C=C\C/C=C\CCCCCCCC(=O)OCC(COC(=O)CCCN1CCCCC1)COC(=O)CC12CC3CC(CC(C3)C1)C2. The lowest BCUT2D eigenvalue weighted by Gasteiger charge is -2.56. The molecule has 0 amide bonds. The second kappa shape index (κ2) is 23.4. The largest absolute Gasteiger partial charge is 0.465 e. The summed E-state index contributed by atoms with van der Waals surface area (Å²) in [6, 6.07) is 0. The first kappa shape index (κ1) is 40.6. The van der Waals surface area contributed by atoms with Crippen molar-refractivity contribution in [1.29, 1.82) is 0 Å². The quantitative estimate of drug-likeness (QED) is 0.0385. The molecule has 4 aliphatic carbocycles. The minimum atomic E-state index is -0.352. The van der Waals surface area contributed by atoms with E-state index >= 15 is 0 Å². The maximum atomic E-state index is 13.1. The summed E-state index contributed by atoms with van der Waals surface area (Å²) in [7, 11) is 0. The summed E-state index contributed by atoms with van der Waals surface area (Å²) in [5.41, 5.74) is 0.121. The van der Waals surface area contributed by atoms with Crippen molar-refractivity contribution < 1.29 is 28.6 Å². The van der Waals surface area contributed by atoms with Gasteiger partial charge in [0.15, 0.2) is 0 Å². The number of allylic oxidation sites excluding steroid dienone is 4. The first-order chi connectivity index (χ1) is 24.4. The second-order valence-electron chi connectivity index (χ2n) is 16.5. The zero-order valence-corrected chi connectivity index (χ0v) is 31.7. The second-order valence-corrected chi connectivity index (χ2v) is 16.5. The van der Waals surface area contributed by atoms with E-state index in [0.717, 1.165) is 75.9 Å². The third kappa shape index (κ3) is 16.0. The molecule has 7 nitrogen and oxygen atoms in total. The molecule has 5 rings (SSSR count). The number of esters is 3. The van der Waals surface area contributed by atoms with Gasteiger partial charge in [0, 0.05) is 12.8 Å². The van der Waals surface area contributed by atoms with Crippen LogP contribution >= 0.6 is 0 Å². The number of hydrogen-bond acceptors (Lipinski definition) is 7. The van der Waals surface area contributed by atoms with Gasteiger partial charge in [0.25, 0.3) is 0 Å². The maximum absolute atomic E-state index is 13.1. The molecule has 0 N–H and O–H groups in total. The van der Waals surface area contributed by atoms with Crippen LogP contribution in [-0.4, -0.2) is 62.3 Å². The zero-order chi connectivity index (χ0) is 35.3. The number of carbonyl (C=O) groups excluding carboxylic acids is 3. The molecule has 0 radical (unpaired) electrons. The predicted octanol–water partition coefficient (Wildman–Crippen LogP) is 9.92. The smallest absolute Gasteiger partial charge is 0.306 e. The minimum absolute atomic E-state index is 0.101. The van der Waals surface area contributed by atoms with E-state index in [0.29, 0.717) is 19.3 Å². The van der Waals surface area contributed by atoms with Crippen LogP contribution < -0.4 is 0 Å². The summed E-state index contributed by atoms with van der Waals surface area (Å²) in [6.07, 6.45) is 35.0. The number of hydrogen-bond donors (Lipinski definition) is 0. The molecule has 0 aromatic carbocycles. The highest BCUT2D eigenvalue weighted by molar-refractivity contribution is 5.71. The Morgan fingerprint density at radius 1 is 0.640 bits per heavy atom. The van der Waals surface area contributed by atoms with Crippen LogP contribution in [0.4, 0.5) is 0 Å². The lowest BCUT2D eigenvalue weighted by Crippen LogP contribution is -2.47. The Bertz CT molecular complexity index is 1010. The van der Waals surface area contributed by atoms with Gasteiger partial charge in [-0.25, -0.2) is 0 Å². The van der Waals surface area contributed by atoms with Crippen molar-refractivity contribution in [3.05, 3.63) is 24.3 Å². The number of rotatable bonds is 26. The van der Waals surface area contributed by atoms with E-state index in [2.05, 4.69) is 36.1 Å². The Morgan fingerprint density at radius 2 is 1.16 bits per heavy atom. The van der Waals surface area contributed by atoms with E-state index in [1.165, 1.54) is 96.3 Å². The van der Waals surface area contributed by atoms with Crippen molar-refractivity contribution in [3.63, 3.8) is 0 Å². The van der Waals surface area contributed by atoms with E-state index in [-0.39, 0.29) is 49.1 Å². The van der Waals surface area contributed by atoms with Crippen LogP contribution in [0.3, 0.4) is 0 Å². The molecular formula is C43H71NO6. The zero-order valence-electron chi connectivity index (χ0n) is 31.7. The van der Waals surface area contributed by atoms with Crippen molar-refractivity contribution in [3.8, 4) is 0 Å². The van der Waals surface area contributed by atoms with Crippen LogP contribution in [0.25, 0.3) is 0 Å². The maximum Gasteiger partial charge on any atom is 0.306 e. The Hall–Kier alpha value is -2.15. The molecular weight excluding hydrogens is 626 g/mol. The predicted molar refractivity (Wildman–Crippen MR) is 200 cm³/mol. The summed E-state index contributed by atoms with van der Waals surface area (Å²) in [5, 5.41) is 0. The van der Waals surface area contributed by atoms with Gasteiger partial charge in [-0.1, -0.05) is 69.8 Å². The number of carbonyl (C=O) groups is 3. The topological polar surface area (TPSA) is 82.1 Å². The minimum Gasteiger partial charge on any atom is -0.465 e. The van der Waals surface area contributed by atoms with Gasteiger partial charge in [0.1, 0.15) is 19.8 Å². The molecule has 50 heavy (non-hydrogen) atoms. The van der Waals surface area contributed by atoms with Crippen molar-refractivity contribution in [2.24, 2.45) is 29.1 Å². The number of likely N-dealkylation sites (tertiary alicyclic amines) is 1. The van der Waals surface area contributed by atoms with Gasteiger partial charge in [-0.15, -0.1) is 0 Å². The van der Waals surface area contributed by atoms with Gasteiger partial charge in [-0.2, -0.15) is 0 Å². The number of nitrogens with zero attached hydrogens (tertiary/aromatic N) is 1. The van der Waals surface area contributed by atoms with Crippen LogP contribution in [0, 0.1) is 29.1 Å². The first-order valence-electron chi connectivity index (χ1n) is 20.9. The fourth-order valence-electron chi connectivity index (χ4n) is 9.50. The van der Waals surface area contributed by atoms with E-state index in [1.807, 2.05) is 0 Å². The van der Waals surface area contributed by atoms with Gasteiger partial charge in [0.2, 0.25) is 0 Å². The Kier molecular flexibility index (Phi) is 19.0. The third-order valence-corrected chi connectivity index (χ3v) is 11.8. The Balaban J connectivity index is 1.09. The highest BCUT2D eigenvalue weighted by Gasteiger charge is 2.51. The lowest BCUT2D eigenvalue weighted by atomic mass is 9.49. The van der Waals surface area contributed by atoms with Crippen molar-refractivity contribution >= 4 is 17.9 Å². The van der Waals surface area contributed by atoms with Gasteiger partial charge in [0.05, 0.1) is 12.3 Å². The molecule has 0 aromatic heterocycles. The summed E-state index contributed by atoms with van der Waals surface area (Å²) >= 11 is 0. The van der Waals surface area contributed by atoms with Gasteiger partial charge >= 0.3 is 17.9 Å². The molecule has 0 spiro atoms. The summed E-state index contributed by atoms with van der Waals surface area (Å²) in [6.45, 7) is 5.71. The van der Waals surface area contributed by atoms with Gasteiger partial charge in [-0.05, 0) is 139 Å². The van der Waals surface area contributed by atoms with Gasteiger partial charge in [-0.3, -0.25) is 14.4 Å². The lowest BCUT2D eigenvalue weighted by molar-refractivity contribution is -0.157. The van der Waals surface area contributed by atoms with E-state index in [1.54, 1.807) is 0 Å². The average molecular weight is 698 g/mol. The Morgan fingerprint density at radius 3 is 1.76 bits per heavy atom. The molecule has 4 saturated carbocycles. The molecule has 284 valence electrons. The van der Waals surface area contributed by atoms with Crippen LogP contribution in [0.5, 0.6) is 0 Å². The molecule has 1 saturated heterocycles. The molecule has 1 atom stereocenters. The molecule has 1 heterocycles. The van der Waals surface area contributed by atoms with Gasteiger partial charge < -0.3 is 19.1 Å². The molecule has 1 aliphatic heterocycles.